The van der Waals surface area contributed by atoms with Crippen molar-refractivity contribution < 1.29 is 4.79 Å². The summed E-state index contributed by atoms with van der Waals surface area (Å²) in [7, 11) is 1.91. The predicted octanol–water partition coefficient (Wildman–Crippen LogP) is 5.21. The molecule has 0 bridgehead atoms. The van der Waals surface area contributed by atoms with E-state index in [-0.39, 0.29) is 5.91 Å². The van der Waals surface area contributed by atoms with E-state index < -0.39 is 0 Å². The van der Waals surface area contributed by atoms with Gasteiger partial charge in [0.1, 0.15) is 0 Å². The van der Waals surface area contributed by atoms with Gasteiger partial charge in [0.05, 0.1) is 12.2 Å². The number of aliphatic imine (C=N–C) groups is 1. The molecule has 0 aliphatic carbocycles. The first kappa shape index (κ1) is 22.6. The van der Waals surface area contributed by atoms with Crippen molar-refractivity contribution in [3.8, 4) is 0 Å². The van der Waals surface area contributed by atoms with Gasteiger partial charge in [0.2, 0.25) is 5.96 Å². The van der Waals surface area contributed by atoms with E-state index in [1.165, 1.54) is 5.56 Å². The zero-order chi connectivity index (χ0) is 22.5. The van der Waals surface area contributed by atoms with E-state index >= 15 is 0 Å². The van der Waals surface area contributed by atoms with Crippen LogP contribution in [-0.4, -0.2) is 21.6 Å². The second-order valence-electron chi connectivity index (χ2n) is 7.80. The molecule has 0 atom stereocenters. The van der Waals surface area contributed by atoms with Crippen LogP contribution in [-0.2, 0) is 13.6 Å². The van der Waals surface area contributed by atoms with E-state index in [2.05, 4.69) is 46.7 Å². The third kappa shape index (κ3) is 5.73. The SMILES string of the molecule is Cc1nn(C)c(C)c1CN=C(NC(=O)c1ccc(Cl)cc1)Nc1ccc(C(C)C)cc1. The molecule has 7 heteroatoms. The van der Waals surface area contributed by atoms with Gasteiger partial charge in [-0.25, -0.2) is 4.99 Å². The number of guanidine groups is 1. The highest BCUT2D eigenvalue weighted by Crippen LogP contribution is 2.18. The van der Waals surface area contributed by atoms with Gasteiger partial charge in [0, 0.05) is 34.6 Å². The van der Waals surface area contributed by atoms with Crippen molar-refractivity contribution in [1.29, 1.82) is 0 Å². The number of rotatable bonds is 5. The molecule has 6 nitrogen and oxygen atoms in total. The van der Waals surface area contributed by atoms with Crippen LogP contribution in [0.4, 0.5) is 5.69 Å². The number of hydrogen-bond donors (Lipinski definition) is 2. The number of aromatic nitrogens is 2. The minimum Gasteiger partial charge on any atom is -0.326 e. The Hall–Kier alpha value is -3.12. The molecule has 1 aromatic heterocycles. The van der Waals surface area contributed by atoms with Gasteiger partial charge in [-0.2, -0.15) is 5.10 Å². The summed E-state index contributed by atoms with van der Waals surface area (Å²) in [5, 5.41) is 11.1. The van der Waals surface area contributed by atoms with E-state index in [1.807, 2.05) is 37.7 Å². The monoisotopic (exact) mass is 437 g/mol. The number of carbonyl (C=O) groups is 1. The number of anilines is 1. The zero-order valence-corrected chi connectivity index (χ0v) is 19.3. The van der Waals surface area contributed by atoms with Crippen molar-refractivity contribution in [1.82, 2.24) is 15.1 Å². The molecule has 31 heavy (non-hydrogen) atoms. The maximum atomic E-state index is 12.8. The van der Waals surface area contributed by atoms with E-state index in [0.29, 0.717) is 29.0 Å². The summed E-state index contributed by atoms with van der Waals surface area (Å²) in [4.78, 5) is 17.4. The lowest BCUT2D eigenvalue weighted by atomic mass is 10.0. The fourth-order valence-electron chi connectivity index (χ4n) is 3.18. The number of aryl methyl sites for hydroxylation is 2. The molecule has 0 fully saturated rings. The van der Waals surface area contributed by atoms with E-state index in [9.17, 15) is 4.79 Å². The van der Waals surface area contributed by atoms with Gasteiger partial charge < -0.3 is 5.32 Å². The van der Waals surface area contributed by atoms with Crippen molar-refractivity contribution in [2.45, 2.75) is 40.2 Å². The van der Waals surface area contributed by atoms with Crippen LogP contribution in [0.2, 0.25) is 5.02 Å². The van der Waals surface area contributed by atoms with Crippen molar-refractivity contribution in [2.24, 2.45) is 12.0 Å². The molecule has 2 N–H and O–H groups in total. The highest BCUT2D eigenvalue weighted by molar-refractivity contribution is 6.30. The summed E-state index contributed by atoms with van der Waals surface area (Å²) in [6.45, 7) is 8.68. The standard InChI is InChI=1S/C24H28ClN5O/c1-15(2)18-8-12-21(13-9-18)27-24(26-14-22-16(3)29-30(5)17(22)4)28-23(31)19-6-10-20(25)11-7-19/h6-13,15H,14H2,1-5H3,(H2,26,27,28,31). The number of hydrogen-bond acceptors (Lipinski definition) is 3. The normalized spacial score (nSPS) is 11.6. The summed E-state index contributed by atoms with van der Waals surface area (Å²) in [6, 6.07) is 14.9. The molecule has 2 aromatic carbocycles. The summed E-state index contributed by atoms with van der Waals surface area (Å²) in [6.07, 6.45) is 0. The van der Waals surface area contributed by atoms with Gasteiger partial charge in [-0.1, -0.05) is 37.6 Å². The highest BCUT2D eigenvalue weighted by atomic mass is 35.5. The molecule has 0 aliphatic heterocycles. The smallest absolute Gasteiger partial charge is 0.257 e. The second-order valence-corrected chi connectivity index (χ2v) is 8.24. The molecule has 1 heterocycles. The maximum Gasteiger partial charge on any atom is 0.257 e. The Morgan fingerprint density at radius 3 is 2.29 bits per heavy atom. The van der Waals surface area contributed by atoms with Gasteiger partial charge in [-0.05, 0) is 61.7 Å². The molecule has 0 unspecified atom stereocenters. The van der Waals surface area contributed by atoms with Gasteiger partial charge in [-0.15, -0.1) is 0 Å². The summed E-state index contributed by atoms with van der Waals surface area (Å²) >= 11 is 5.94. The van der Waals surface area contributed by atoms with Crippen LogP contribution in [0.25, 0.3) is 0 Å². The molecule has 0 saturated heterocycles. The summed E-state index contributed by atoms with van der Waals surface area (Å²) < 4.78 is 1.84. The zero-order valence-electron chi connectivity index (χ0n) is 18.5. The van der Waals surface area contributed by atoms with Crippen LogP contribution in [0, 0.1) is 13.8 Å². The molecule has 3 aromatic rings. The average Bonchev–Trinajstić information content (AvgIpc) is 2.98. The molecule has 3 rings (SSSR count). The van der Waals surface area contributed by atoms with Gasteiger partial charge in [-0.3, -0.25) is 14.8 Å². The van der Waals surface area contributed by atoms with Gasteiger partial charge >= 0.3 is 0 Å². The Balaban J connectivity index is 1.84. The minimum atomic E-state index is -0.263. The first-order valence-corrected chi connectivity index (χ1v) is 10.6. The van der Waals surface area contributed by atoms with Crippen LogP contribution in [0.1, 0.15) is 52.6 Å². The van der Waals surface area contributed by atoms with E-state index in [0.717, 1.165) is 22.6 Å². The Morgan fingerprint density at radius 1 is 1.10 bits per heavy atom. The third-order valence-corrected chi connectivity index (χ3v) is 5.48. The Labute approximate surface area is 188 Å². The number of nitrogens with one attached hydrogen (secondary N) is 2. The van der Waals surface area contributed by atoms with Crippen LogP contribution in [0.3, 0.4) is 0 Å². The molecule has 0 radical (unpaired) electrons. The van der Waals surface area contributed by atoms with E-state index in [1.54, 1.807) is 24.3 Å². The first-order chi connectivity index (χ1) is 14.7. The van der Waals surface area contributed by atoms with Crippen LogP contribution < -0.4 is 10.6 Å². The largest absolute Gasteiger partial charge is 0.326 e. The molecular formula is C24H28ClN5O. The lowest BCUT2D eigenvalue weighted by Crippen LogP contribution is -2.36. The third-order valence-electron chi connectivity index (χ3n) is 5.23. The number of carbonyl (C=O) groups excluding carboxylic acids is 1. The Kier molecular flexibility index (Phi) is 7.13. The van der Waals surface area contributed by atoms with Crippen molar-refractivity contribution in [2.75, 3.05) is 5.32 Å². The molecule has 0 aliphatic rings. The lowest BCUT2D eigenvalue weighted by molar-refractivity contribution is 0.0977. The number of nitrogens with zero attached hydrogens (tertiary/aromatic N) is 3. The Morgan fingerprint density at radius 2 is 1.74 bits per heavy atom. The lowest BCUT2D eigenvalue weighted by Gasteiger charge is -2.13. The topological polar surface area (TPSA) is 71.3 Å². The van der Waals surface area contributed by atoms with Gasteiger partial charge in [0.15, 0.2) is 0 Å². The molecule has 162 valence electrons. The number of amides is 1. The second kappa shape index (κ2) is 9.79. The van der Waals surface area contributed by atoms with Crippen LogP contribution in [0.15, 0.2) is 53.5 Å². The summed E-state index contributed by atoms with van der Waals surface area (Å²) in [5.74, 6) is 0.560. The molecule has 0 saturated carbocycles. The van der Waals surface area contributed by atoms with Gasteiger partial charge in [0.25, 0.3) is 5.91 Å². The fourth-order valence-corrected chi connectivity index (χ4v) is 3.31. The Bertz CT molecular complexity index is 1080. The van der Waals surface area contributed by atoms with Crippen molar-refractivity contribution in [3.63, 3.8) is 0 Å². The number of benzene rings is 2. The maximum absolute atomic E-state index is 12.8. The first-order valence-electron chi connectivity index (χ1n) is 10.2. The van der Waals surface area contributed by atoms with Crippen LogP contribution >= 0.6 is 11.6 Å². The minimum absolute atomic E-state index is 0.263. The van der Waals surface area contributed by atoms with Crippen LogP contribution in [0.5, 0.6) is 0 Å². The number of halogens is 1. The molecular weight excluding hydrogens is 410 g/mol. The molecule has 0 spiro atoms. The van der Waals surface area contributed by atoms with Crippen molar-refractivity contribution >= 4 is 29.2 Å². The quantitative estimate of drug-likeness (QED) is 0.425. The average molecular weight is 438 g/mol. The van der Waals surface area contributed by atoms with E-state index in [4.69, 9.17) is 11.6 Å². The molecule has 1 amide bonds. The summed E-state index contributed by atoms with van der Waals surface area (Å²) in [5.41, 5.74) is 5.61. The van der Waals surface area contributed by atoms with Crippen molar-refractivity contribution in [3.05, 3.63) is 81.6 Å². The fraction of sp³-hybridized carbons (Fsp3) is 0.292. The predicted molar refractivity (Wildman–Crippen MR) is 127 cm³/mol. The highest BCUT2D eigenvalue weighted by Gasteiger charge is 2.12.